The molecule has 0 aliphatic carbocycles. The van der Waals surface area contributed by atoms with E-state index in [0.717, 1.165) is 15.5 Å². The highest BCUT2D eigenvalue weighted by Gasteiger charge is 2.10. The summed E-state index contributed by atoms with van der Waals surface area (Å²) in [5.41, 5.74) is 1.22. The molecule has 0 aliphatic rings. The summed E-state index contributed by atoms with van der Waals surface area (Å²) in [6, 6.07) is 8.30. The van der Waals surface area contributed by atoms with E-state index in [2.05, 4.69) is 64.5 Å². The third-order valence-corrected chi connectivity index (χ3v) is 3.71. The Morgan fingerprint density at radius 1 is 1.17 bits per heavy atom. The van der Waals surface area contributed by atoms with E-state index in [0.29, 0.717) is 19.1 Å². The Morgan fingerprint density at radius 2 is 1.83 bits per heavy atom. The lowest BCUT2D eigenvalue weighted by molar-refractivity contribution is 0.00819. The van der Waals surface area contributed by atoms with Crippen LogP contribution in [0.3, 0.4) is 0 Å². The van der Waals surface area contributed by atoms with Crippen molar-refractivity contribution in [2.24, 2.45) is 5.92 Å². The first kappa shape index (κ1) is 16.4. The highest BCUT2D eigenvalue weighted by atomic mass is 127. The summed E-state index contributed by atoms with van der Waals surface area (Å²) < 4.78 is 13.4. The van der Waals surface area contributed by atoms with Gasteiger partial charge in [0.2, 0.25) is 0 Å². The van der Waals surface area contributed by atoms with Gasteiger partial charge in [-0.15, -0.1) is 0 Å². The molecule has 0 aliphatic heterocycles. The molecule has 1 aromatic rings. The molecule has 2 nitrogen and oxygen atoms in total. The van der Waals surface area contributed by atoms with Crippen LogP contribution in [0.2, 0.25) is 0 Å². The monoisotopic (exact) mass is 426 g/mol. The number of alkyl halides is 1. The Bertz CT molecular complexity index is 327. The van der Waals surface area contributed by atoms with Gasteiger partial charge in [0.25, 0.3) is 0 Å². The third-order valence-electron chi connectivity index (χ3n) is 2.38. The average molecular weight is 427 g/mol. The predicted octanol–water partition coefficient (Wildman–Crippen LogP) is 4.61. The molecule has 0 saturated carbocycles. The molecule has 102 valence electrons. The van der Waals surface area contributed by atoms with Crippen molar-refractivity contribution in [3.8, 4) is 0 Å². The van der Waals surface area contributed by atoms with E-state index in [1.165, 1.54) is 5.56 Å². The molecule has 1 rings (SSSR count). The van der Waals surface area contributed by atoms with E-state index < -0.39 is 0 Å². The predicted molar refractivity (Wildman–Crippen MR) is 87.4 cm³/mol. The fraction of sp³-hybridized carbons (Fsp3) is 0.571. The quantitative estimate of drug-likeness (QED) is 0.343. The van der Waals surface area contributed by atoms with Crippen LogP contribution in [-0.4, -0.2) is 24.2 Å². The molecule has 0 fully saturated rings. The Labute approximate surface area is 132 Å². The molecule has 0 radical (unpaired) electrons. The average Bonchev–Trinajstić information content (AvgIpc) is 2.35. The molecule has 1 unspecified atom stereocenters. The van der Waals surface area contributed by atoms with Crippen molar-refractivity contribution >= 4 is 38.5 Å². The van der Waals surface area contributed by atoms with Crippen LogP contribution in [0.5, 0.6) is 0 Å². The first-order chi connectivity index (χ1) is 8.63. The number of rotatable bonds is 8. The second kappa shape index (κ2) is 9.28. The number of hydrogen-bond donors (Lipinski definition) is 0. The molecule has 0 bridgehead atoms. The molecule has 0 saturated heterocycles. The van der Waals surface area contributed by atoms with Gasteiger partial charge in [0.05, 0.1) is 19.3 Å². The minimum Gasteiger partial charge on any atom is -0.379 e. The maximum Gasteiger partial charge on any atom is 0.0915 e. The van der Waals surface area contributed by atoms with Gasteiger partial charge in [0.1, 0.15) is 0 Å². The second-order valence-electron chi connectivity index (χ2n) is 4.53. The Balaban J connectivity index is 2.31. The van der Waals surface area contributed by atoms with E-state index in [1.807, 2.05) is 12.1 Å². The summed E-state index contributed by atoms with van der Waals surface area (Å²) in [5, 5.41) is 0. The molecule has 1 aromatic carbocycles. The Kier molecular flexibility index (Phi) is 8.46. The highest BCUT2D eigenvalue weighted by molar-refractivity contribution is 14.1. The molecule has 4 heteroatoms. The van der Waals surface area contributed by atoms with Crippen LogP contribution < -0.4 is 0 Å². The minimum atomic E-state index is 0.154. The maximum atomic E-state index is 5.85. The summed E-state index contributed by atoms with van der Waals surface area (Å²) in [7, 11) is 0. The lowest BCUT2D eigenvalue weighted by Gasteiger charge is -2.16. The van der Waals surface area contributed by atoms with Gasteiger partial charge in [0, 0.05) is 15.5 Å². The van der Waals surface area contributed by atoms with Gasteiger partial charge in [-0.2, -0.15) is 0 Å². The normalized spacial score (nSPS) is 12.9. The molecule has 1 atom stereocenters. The molecule has 0 N–H and O–H groups in total. The zero-order chi connectivity index (χ0) is 13.4. The first-order valence-electron chi connectivity index (χ1n) is 6.14. The smallest absolute Gasteiger partial charge is 0.0915 e. The summed E-state index contributed by atoms with van der Waals surface area (Å²) >= 11 is 5.80. The lowest BCUT2D eigenvalue weighted by Crippen LogP contribution is -2.12. The molecule has 18 heavy (non-hydrogen) atoms. The fourth-order valence-corrected chi connectivity index (χ4v) is 2.50. The third kappa shape index (κ3) is 6.50. The van der Waals surface area contributed by atoms with E-state index in [-0.39, 0.29) is 6.10 Å². The van der Waals surface area contributed by atoms with Crippen LogP contribution >= 0.6 is 38.5 Å². The van der Waals surface area contributed by atoms with Crippen molar-refractivity contribution in [1.29, 1.82) is 0 Å². The summed E-state index contributed by atoms with van der Waals surface area (Å²) in [6.07, 6.45) is 0.154. The van der Waals surface area contributed by atoms with Gasteiger partial charge in [-0.1, -0.05) is 64.5 Å². The van der Waals surface area contributed by atoms with E-state index in [4.69, 9.17) is 9.47 Å². The van der Waals surface area contributed by atoms with Crippen LogP contribution in [0, 0.1) is 5.92 Å². The van der Waals surface area contributed by atoms with Crippen LogP contribution in [0.1, 0.15) is 25.5 Å². The standard InChI is InChI=1S/C14H20BrIO2/c1-11(2)10-17-7-8-18-14(9-16)12-3-5-13(15)6-4-12/h3-6,11,14H,7-10H2,1-2H3. The molecule has 0 heterocycles. The van der Waals surface area contributed by atoms with Gasteiger partial charge < -0.3 is 9.47 Å². The molecule has 0 aromatic heterocycles. The van der Waals surface area contributed by atoms with E-state index >= 15 is 0 Å². The van der Waals surface area contributed by atoms with Crippen molar-refractivity contribution in [3.63, 3.8) is 0 Å². The van der Waals surface area contributed by atoms with Crippen molar-refractivity contribution in [2.45, 2.75) is 20.0 Å². The fourth-order valence-electron chi connectivity index (χ4n) is 1.48. The van der Waals surface area contributed by atoms with E-state index in [9.17, 15) is 0 Å². The molecule has 0 amide bonds. The van der Waals surface area contributed by atoms with Gasteiger partial charge in [0.15, 0.2) is 0 Å². The molecular formula is C14H20BrIO2. The number of halogens is 2. The van der Waals surface area contributed by atoms with Gasteiger partial charge in [-0.3, -0.25) is 0 Å². The van der Waals surface area contributed by atoms with Crippen LogP contribution in [0.15, 0.2) is 28.7 Å². The SMILES string of the molecule is CC(C)COCCOC(CI)c1ccc(Br)cc1. The van der Waals surface area contributed by atoms with Crippen LogP contribution in [-0.2, 0) is 9.47 Å². The largest absolute Gasteiger partial charge is 0.379 e. The zero-order valence-corrected chi connectivity index (χ0v) is 14.6. The van der Waals surface area contributed by atoms with Crippen molar-refractivity contribution in [2.75, 3.05) is 24.2 Å². The van der Waals surface area contributed by atoms with Gasteiger partial charge >= 0.3 is 0 Å². The Hall–Kier alpha value is 0.350. The van der Waals surface area contributed by atoms with Crippen molar-refractivity contribution < 1.29 is 9.47 Å². The summed E-state index contributed by atoms with van der Waals surface area (Å²) in [5.74, 6) is 0.580. The van der Waals surface area contributed by atoms with Crippen molar-refractivity contribution in [3.05, 3.63) is 34.3 Å². The van der Waals surface area contributed by atoms with Crippen LogP contribution in [0.25, 0.3) is 0 Å². The van der Waals surface area contributed by atoms with Crippen molar-refractivity contribution in [1.82, 2.24) is 0 Å². The lowest BCUT2D eigenvalue weighted by atomic mass is 10.1. The van der Waals surface area contributed by atoms with Gasteiger partial charge in [-0.25, -0.2) is 0 Å². The van der Waals surface area contributed by atoms with Gasteiger partial charge in [-0.05, 0) is 23.6 Å². The highest BCUT2D eigenvalue weighted by Crippen LogP contribution is 2.22. The number of benzene rings is 1. The number of hydrogen-bond acceptors (Lipinski definition) is 2. The van der Waals surface area contributed by atoms with Crippen LogP contribution in [0.4, 0.5) is 0 Å². The zero-order valence-electron chi connectivity index (χ0n) is 10.9. The molecule has 0 spiro atoms. The Morgan fingerprint density at radius 3 is 2.39 bits per heavy atom. The maximum absolute atomic E-state index is 5.85. The molecular weight excluding hydrogens is 407 g/mol. The van der Waals surface area contributed by atoms with E-state index in [1.54, 1.807) is 0 Å². The number of ether oxygens (including phenoxy) is 2. The summed E-state index contributed by atoms with van der Waals surface area (Å²) in [6.45, 7) is 6.42. The second-order valence-corrected chi connectivity index (χ2v) is 6.33. The summed E-state index contributed by atoms with van der Waals surface area (Å²) in [4.78, 5) is 0. The minimum absolute atomic E-state index is 0.154. The topological polar surface area (TPSA) is 18.5 Å². The first-order valence-corrected chi connectivity index (χ1v) is 8.46.